The van der Waals surface area contributed by atoms with Gasteiger partial charge in [0, 0.05) is 31.9 Å². The van der Waals surface area contributed by atoms with Crippen LogP contribution in [0.25, 0.3) is 0 Å². The average molecular weight is 207 g/mol. The molecule has 1 heterocycles. The largest absolute Gasteiger partial charge is 0.373 e. The Balaban J connectivity index is 2.91. The van der Waals surface area contributed by atoms with Crippen molar-refractivity contribution in [1.82, 2.24) is 9.88 Å². The number of hydrogen-bond acceptors (Lipinski definition) is 3. The summed E-state index contributed by atoms with van der Waals surface area (Å²) >= 11 is 0. The van der Waals surface area contributed by atoms with E-state index in [4.69, 9.17) is 0 Å². The lowest BCUT2D eigenvalue weighted by atomic mass is 10.2. The summed E-state index contributed by atoms with van der Waals surface area (Å²) in [6, 6.07) is 3.67. The standard InChI is InChI=1S/C11H17N3O/c1-8(2)14(4)11(15)9-5-6-13-10(7-9)12-3/h5-8H,1-4H3,(H,12,13). The van der Waals surface area contributed by atoms with Gasteiger partial charge in [-0.15, -0.1) is 0 Å². The Morgan fingerprint density at radius 3 is 2.73 bits per heavy atom. The van der Waals surface area contributed by atoms with Gasteiger partial charge in [-0.2, -0.15) is 0 Å². The molecule has 1 amide bonds. The van der Waals surface area contributed by atoms with Crippen LogP contribution in [0.1, 0.15) is 24.2 Å². The van der Waals surface area contributed by atoms with Crippen molar-refractivity contribution in [2.45, 2.75) is 19.9 Å². The van der Waals surface area contributed by atoms with Gasteiger partial charge in [0.05, 0.1) is 0 Å². The SMILES string of the molecule is CNc1cc(C(=O)N(C)C(C)C)ccn1. The summed E-state index contributed by atoms with van der Waals surface area (Å²) in [5, 5.41) is 2.91. The second-order valence-corrected chi connectivity index (χ2v) is 3.69. The molecule has 4 heteroatoms. The molecule has 82 valence electrons. The van der Waals surface area contributed by atoms with Crippen LogP contribution < -0.4 is 5.32 Å². The van der Waals surface area contributed by atoms with Crippen LogP contribution in [0.5, 0.6) is 0 Å². The Bertz CT molecular complexity index is 349. The minimum Gasteiger partial charge on any atom is -0.373 e. The summed E-state index contributed by atoms with van der Waals surface area (Å²) in [6.45, 7) is 3.97. The molecule has 0 aliphatic carbocycles. The van der Waals surface area contributed by atoms with Crippen LogP contribution in [0.15, 0.2) is 18.3 Å². The summed E-state index contributed by atoms with van der Waals surface area (Å²) in [7, 11) is 3.58. The molecule has 0 unspecified atom stereocenters. The maximum Gasteiger partial charge on any atom is 0.254 e. The van der Waals surface area contributed by atoms with E-state index >= 15 is 0 Å². The minimum absolute atomic E-state index is 0.0175. The molecule has 0 radical (unpaired) electrons. The van der Waals surface area contributed by atoms with E-state index in [2.05, 4.69) is 10.3 Å². The number of anilines is 1. The van der Waals surface area contributed by atoms with Crippen molar-refractivity contribution >= 4 is 11.7 Å². The number of pyridine rings is 1. The summed E-state index contributed by atoms with van der Waals surface area (Å²) < 4.78 is 0. The Morgan fingerprint density at radius 2 is 2.20 bits per heavy atom. The monoisotopic (exact) mass is 207 g/mol. The lowest BCUT2D eigenvalue weighted by molar-refractivity contribution is 0.0755. The highest BCUT2D eigenvalue weighted by Crippen LogP contribution is 2.09. The normalized spacial score (nSPS) is 10.2. The van der Waals surface area contributed by atoms with Gasteiger partial charge in [-0.25, -0.2) is 4.98 Å². The summed E-state index contributed by atoms with van der Waals surface area (Å²) in [4.78, 5) is 17.7. The number of aromatic nitrogens is 1. The Hall–Kier alpha value is -1.58. The van der Waals surface area contributed by atoms with Gasteiger partial charge >= 0.3 is 0 Å². The number of hydrogen-bond donors (Lipinski definition) is 1. The van der Waals surface area contributed by atoms with Crippen molar-refractivity contribution in [3.8, 4) is 0 Å². The highest BCUT2D eigenvalue weighted by molar-refractivity contribution is 5.94. The van der Waals surface area contributed by atoms with Crippen LogP contribution in [0.4, 0.5) is 5.82 Å². The van der Waals surface area contributed by atoms with E-state index in [-0.39, 0.29) is 11.9 Å². The molecule has 0 aromatic carbocycles. The fraction of sp³-hybridized carbons (Fsp3) is 0.455. The molecule has 0 saturated carbocycles. The first-order valence-corrected chi connectivity index (χ1v) is 4.97. The Morgan fingerprint density at radius 1 is 1.53 bits per heavy atom. The van der Waals surface area contributed by atoms with Crippen molar-refractivity contribution in [1.29, 1.82) is 0 Å². The summed E-state index contributed by atoms with van der Waals surface area (Å²) in [5.74, 6) is 0.724. The second-order valence-electron chi connectivity index (χ2n) is 3.69. The van der Waals surface area contributed by atoms with Crippen molar-refractivity contribution < 1.29 is 4.79 Å². The van der Waals surface area contributed by atoms with E-state index in [0.29, 0.717) is 11.4 Å². The van der Waals surface area contributed by atoms with Crippen molar-refractivity contribution in [3.05, 3.63) is 23.9 Å². The van der Waals surface area contributed by atoms with Gasteiger partial charge in [0.15, 0.2) is 0 Å². The highest BCUT2D eigenvalue weighted by atomic mass is 16.2. The third-order valence-electron chi connectivity index (χ3n) is 2.36. The molecule has 0 saturated heterocycles. The molecular formula is C11H17N3O. The predicted octanol–water partition coefficient (Wildman–Crippen LogP) is 1.60. The molecule has 0 fully saturated rings. The second kappa shape index (κ2) is 4.77. The van der Waals surface area contributed by atoms with Crippen molar-refractivity contribution in [2.75, 3.05) is 19.4 Å². The highest BCUT2D eigenvalue weighted by Gasteiger charge is 2.14. The van der Waals surface area contributed by atoms with E-state index in [0.717, 1.165) is 0 Å². The van der Waals surface area contributed by atoms with E-state index in [1.165, 1.54) is 0 Å². The van der Waals surface area contributed by atoms with Crippen LogP contribution in [0.3, 0.4) is 0 Å². The van der Waals surface area contributed by atoms with Crippen LogP contribution in [0, 0.1) is 0 Å². The maximum atomic E-state index is 11.9. The molecule has 1 aromatic heterocycles. The molecule has 0 atom stereocenters. The number of rotatable bonds is 3. The Kier molecular flexibility index (Phi) is 3.66. The lowest BCUT2D eigenvalue weighted by Crippen LogP contribution is -2.33. The van der Waals surface area contributed by atoms with Gasteiger partial charge in [-0.05, 0) is 26.0 Å². The zero-order valence-electron chi connectivity index (χ0n) is 9.61. The van der Waals surface area contributed by atoms with Gasteiger partial charge in [-0.1, -0.05) is 0 Å². The van der Waals surface area contributed by atoms with E-state index in [1.807, 2.05) is 13.8 Å². The fourth-order valence-corrected chi connectivity index (χ4v) is 1.14. The van der Waals surface area contributed by atoms with Crippen LogP contribution in [0.2, 0.25) is 0 Å². The molecule has 1 aromatic rings. The van der Waals surface area contributed by atoms with Crippen molar-refractivity contribution in [2.24, 2.45) is 0 Å². The molecule has 1 N–H and O–H groups in total. The van der Waals surface area contributed by atoms with Crippen LogP contribution >= 0.6 is 0 Å². The molecule has 0 spiro atoms. The first kappa shape index (κ1) is 11.5. The summed E-state index contributed by atoms with van der Waals surface area (Å²) in [5.41, 5.74) is 0.658. The molecule has 15 heavy (non-hydrogen) atoms. The molecule has 0 aliphatic heterocycles. The fourth-order valence-electron chi connectivity index (χ4n) is 1.14. The number of carbonyl (C=O) groups excluding carboxylic acids is 1. The van der Waals surface area contributed by atoms with Gasteiger partial charge in [0.1, 0.15) is 5.82 Å². The molecule has 1 rings (SSSR count). The smallest absolute Gasteiger partial charge is 0.254 e. The number of amides is 1. The average Bonchev–Trinajstić information content (AvgIpc) is 2.27. The van der Waals surface area contributed by atoms with Gasteiger partial charge in [-0.3, -0.25) is 4.79 Å². The minimum atomic E-state index is 0.0175. The van der Waals surface area contributed by atoms with E-state index in [9.17, 15) is 4.79 Å². The zero-order valence-corrected chi connectivity index (χ0v) is 9.61. The number of carbonyl (C=O) groups is 1. The van der Waals surface area contributed by atoms with Crippen LogP contribution in [-0.2, 0) is 0 Å². The first-order chi connectivity index (χ1) is 7.06. The molecular weight excluding hydrogens is 190 g/mol. The number of nitrogens with one attached hydrogen (secondary N) is 1. The zero-order chi connectivity index (χ0) is 11.4. The van der Waals surface area contributed by atoms with Crippen molar-refractivity contribution in [3.63, 3.8) is 0 Å². The third kappa shape index (κ3) is 2.68. The van der Waals surface area contributed by atoms with E-state index < -0.39 is 0 Å². The maximum absolute atomic E-state index is 11.9. The molecule has 0 aliphatic rings. The van der Waals surface area contributed by atoms with Gasteiger partial charge < -0.3 is 10.2 Å². The number of nitrogens with zero attached hydrogens (tertiary/aromatic N) is 2. The van der Waals surface area contributed by atoms with Crippen LogP contribution in [-0.4, -0.2) is 35.9 Å². The lowest BCUT2D eigenvalue weighted by Gasteiger charge is -2.21. The third-order valence-corrected chi connectivity index (χ3v) is 2.36. The molecule has 4 nitrogen and oxygen atoms in total. The predicted molar refractivity (Wildman–Crippen MR) is 61.0 cm³/mol. The molecule has 0 bridgehead atoms. The van der Waals surface area contributed by atoms with Gasteiger partial charge in [0.25, 0.3) is 5.91 Å². The summed E-state index contributed by atoms with van der Waals surface area (Å²) in [6.07, 6.45) is 1.63. The quantitative estimate of drug-likeness (QED) is 0.819. The first-order valence-electron chi connectivity index (χ1n) is 4.97. The Labute approximate surface area is 90.3 Å². The van der Waals surface area contributed by atoms with E-state index in [1.54, 1.807) is 37.3 Å². The van der Waals surface area contributed by atoms with Gasteiger partial charge in [0.2, 0.25) is 0 Å². The topological polar surface area (TPSA) is 45.2 Å².